The smallest absolute Gasteiger partial charge is 0.275 e. The summed E-state index contributed by atoms with van der Waals surface area (Å²) >= 11 is 0. The van der Waals surface area contributed by atoms with Gasteiger partial charge in [-0.05, 0) is 69.7 Å². The van der Waals surface area contributed by atoms with Crippen LogP contribution in [0.4, 0.5) is 11.5 Å². The second kappa shape index (κ2) is 9.10. The number of nitrogens with one attached hydrogen (secondary N) is 2. The van der Waals surface area contributed by atoms with Gasteiger partial charge in [-0.3, -0.25) is 14.9 Å². The molecule has 1 aliphatic carbocycles. The van der Waals surface area contributed by atoms with Crippen LogP contribution in [0.1, 0.15) is 77.7 Å². The SMILES string of the molecule is Cc1cc(Nc2ccccn2)cc([C@H]2CCCN2C(=O)c2n[nH]c3c2CCCCCC3)n1. The summed E-state index contributed by atoms with van der Waals surface area (Å²) in [7, 11) is 0. The van der Waals surface area contributed by atoms with Crippen LogP contribution >= 0.6 is 0 Å². The summed E-state index contributed by atoms with van der Waals surface area (Å²) in [5.41, 5.74) is 5.69. The molecule has 0 bridgehead atoms. The first-order chi connectivity index (χ1) is 15.7. The molecule has 4 heterocycles. The number of rotatable bonds is 4. The zero-order valence-corrected chi connectivity index (χ0v) is 18.6. The molecular weight excluding hydrogens is 400 g/mol. The molecule has 7 heteroatoms. The number of fused-ring (bicyclic) bond motifs is 1. The number of amides is 1. The highest BCUT2D eigenvalue weighted by Crippen LogP contribution is 2.34. The molecular formula is C25H30N6O. The summed E-state index contributed by atoms with van der Waals surface area (Å²) in [6, 6.07) is 9.81. The topological polar surface area (TPSA) is 86.8 Å². The van der Waals surface area contributed by atoms with Crippen molar-refractivity contribution in [2.24, 2.45) is 0 Å². The quantitative estimate of drug-likeness (QED) is 0.615. The minimum atomic E-state index is -0.0346. The second-order valence-corrected chi connectivity index (χ2v) is 8.86. The number of aryl methyl sites for hydroxylation is 2. The van der Waals surface area contributed by atoms with Crippen LogP contribution in [0, 0.1) is 6.92 Å². The molecule has 2 N–H and O–H groups in total. The number of likely N-dealkylation sites (tertiary alicyclic amines) is 1. The zero-order chi connectivity index (χ0) is 21.9. The molecule has 0 spiro atoms. The van der Waals surface area contributed by atoms with Gasteiger partial charge >= 0.3 is 0 Å². The fraction of sp³-hybridized carbons (Fsp3) is 0.440. The van der Waals surface area contributed by atoms with Gasteiger partial charge in [0, 0.05) is 35.4 Å². The van der Waals surface area contributed by atoms with Gasteiger partial charge in [0.25, 0.3) is 5.91 Å². The molecule has 7 nitrogen and oxygen atoms in total. The van der Waals surface area contributed by atoms with Crippen molar-refractivity contribution in [2.45, 2.75) is 64.3 Å². The van der Waals surface area contributed by atoms with Crippen molar-refractivity contribution in [2.75, 3.05) is 11.9 Å². The van der Waals surface area contributed by atoms with E-state index >= 15 is 0 Å². The molecule has 3 aromatic rings. The van der Waals surface area contributed by atoms with E-state index in [1.165, 1.54) is 12.8 Å². The van der Waals surface area contributed by atoms with Crippen molar-refractivity contribution in [3.05, 3.63) is 64.9 Å². The third-order valence-corrected chi connectivity index (χ3v) is 6.52. The number of nitrogens with zero attached hydrogens (tertiary/aromatic N) is 4. The molecule has 0 aromatic carbocycles. The van der Waals surface area contributed by atoms with E-state index in [1.807, 2.05) is 42.2 Å². The Kier molecular flexibility index (Phi) is 5.88. The Morgan fingerprint density at radius 2 is 2.00 bits per heavy atom. The Hall–Kier alpha value is -3.22. The molecule has 1 saturated heterocycles. The lowest BCUT2D eigenvalue weighted by Gasteiger charge is -2.25. The van der Waals surface area contributed by atoms with Gasteiger partial charge in [-0.25, -0.2) is 4.98 Å². The minimum absolute atomic E-state index is 0.0346. The molecule has 0 unspecified atom stereocenters. The number of anilines is 2. The van der Waals surface area contributed by atoms with E-state index in [9.17, 15) is 4.79 Å². The highest BCUT2D eigenvalue weighted by atomic mass is 16.2. The summed E-state index contributed by atoms with van der Waals surface area (Å²) < 4.78 is 0. The first-order valence-electron chi connectivity index (χ1n) is 11.7. The number of hydrogen-bond donors (Lipinski definition) is 2. The minimum Gasteiger partial charge on any atom is -0.340 e. The van der Waals surface area contributed by atoms with Gasteiger partial charge in [0.1, 0.15) is 5.82 Å². The van der Waals surface area contributed by atoms with Crippen molar-refractivity contribution in [1.29, 1.82) is 0 Å². The first-order valence-corrected chi connectivity index (χ1v) is 11.7. The van der Waals surface area contributed by atoms with Crippen LogP contribution in [0.25, 0.3) is 0 Å². The van der Waals surface area contributed by atoms with Crippen LogP contribution in [-0.4, -0.2) is 37.5 Å². The number of hydrogen-bond acceptors (Lipinski definition) is 5. The summed E-state index contributed by atoms with van der Waals surface area (Å²) in [5.74, 6) is 0.826. The first kappa shape index (κ1) is 20.7. The monoisotopic (exact) mass is 430 g/mol. The lowest BCUT2D eigenvalue weighted by molar-refractivity contribution is 0.0725. The summed E-state index contributed by atoms with van der Waals surface area (Å²) in [4.78, 5) is 24.7. The molecule has 3 aromatic heterocycles. The Morgan fingerprint density at radius 1 is 1.12 bits per heavy atom. The highest BCUT2D eigenvalue weighted by molar-refractivity contribution is 5.94. The van der Waals surface area contributed by atoms with Gasteiger partial charge in [-0.1, -0.05) is 18.9 Å². The fourth-order valence-corrected chi connectivity index (χ4v) is 4.99. The van der Waals surface area contributed by atoms with Crippen molar-refractivity contribution in [1.82, 2.24) is 25.1 Å². The Morgan fingerprint density at radius 3 is 2.84 bits per heavy atom. The Balaban J connectivity index is 1.41. The van der Waals surface area contributed by atoms with Gasteiger partial charge in [0.05, 0.1) is 11.7 Å². The maximum atomic E-state index is 13.6. The predicted octanol–water partition coefficient (Wildman–Crippen LogP) is 4.89. The van der Waals surface area contributed by atoms with Crippen molar-refractivity contribution in [3.8, 4) is 0 Å². The average Bonchev–Trinajstić information content (AvgIpc) is 3.41. The number of aromatic amines is 1. The number of H-pyrrole nitrogens is 1. The lowest BCUT2D eigenvalue weighted by atomic mass is 9.96. The average molecular weight is 431 g/mol. The second-order valence-electron chi connectivity index (χ2n) is 8.86. The van der Waals surface area contributed by atoms with E-state index in [-0.39, 0.29) is 11.9 Å². The van der Waals surface area contributed by atoms with E-state index in [0.29, 0.717) is 5.69 Å². The van der Waals surface area contributed by atoms with Gasteiger partial charge in [-0.15, -0.1) is 0 Å². The van der Waals surface area contributed by atoms with E-state index in [4.69, 9.17) is 4.98 Å². The molecule has 2 aliphatic rings. The van der Waals surface area contributed by atoms with Crippen LogP contribution in [0.5, 0.6) is 0 Å². The molecule has 1 fully saturated rings. The standard InChI is InChI=1S/C25H30N6O/c1-17-15-18(28-23-12-6-7-13-26-23)16-21(27-17)22-11-8-14-31(22)25(32)24-19-9-4-2-3-5-10-20(19)29-30-24/h6-7,12-13,15-16,22H,2-5,8-11,14H2,1H3,(H,29,30)(H,26,27,28)/t22-/m1/s1. The lowest BCUT2D eigenvalue weighted by Crippen LogP contribution is -2.32. The maximum absolute atomic E-state index is 13.6. The third kappa shape index (κ3) is 4.24. The maximum Gasteiger partial charge on any atom is 0.275 e. The fourth-order valence-electron chi connectivity index (χ4n) is 4.99. The summed E-state index contributed by atoms with van der Waals surface area (Å²) in [6.45, 7) is 2.73. The largest absolute Gasteiger partial charge is 0.340 e. The van der Waals surface area contributed by atoms with Crippen LogP contribution in [0.2, 0.25) is 0 Å². The Labute approximate surface area is 188 Å². The van der Waals surface area contributed by atoms with E-state index in [1.54, 1.807) is 6.20 Å². The van der Waals surface area contributed by atoms with Crippen LogP contribution in [-0.2, 0) is 12.8 Å². The van der Waals surface area contributed by atoms with Crippen LogP contribution in [0.15, 0.2) is 36.5 Å². The van der Waals surface area contributed by atoms with Gasteiger partial charge < -0.3 is 10.2 Å². The van der Waals surface area contributed by atoms with Gasteiger partial charge in [0.2, 0.25) is 0 Å². The normalized spacial score (nSPS) is 18.7. The number of pyridine rings is 2. The number of aromatic nitrogens is 4. The van der Waals surface area contributed by atoms with Crippen molar-refractivity contribution < 1.29 is 4.79 Å². The van der Waals surface area contributed by atoms with E-state index < -0.39 is 0 Å². The van der Waals surface area contributed by atoms with E-state index in [2.05, 4.69) is 20.5 Å². The molecule has 1 atom stereocenters. The summed E-state index contributed by atoms with van der Waals surface area (Å²) in [6.07, 6.45) is 10.3. The number of carbonyl (C=O) groups excluding carboxylic acids is 1. The van der Waals surface area contributed by atoms with E-state index in [0.717, 1.165) is 79.2 Å². The zero-order valence-electron chi connectivity index (χ0n) is 18.6. The van der Waals surface area contributed by atoms with Crippen LogP contribution in [0.3, 0.4) is 0 Å². The van der Waals surface area contributed by atoms with Crippen molar-refractivity contribution in [3.63, 3.8) is 0 Å². The van der Waals surface area contributed by atoms with Crippen LogP contribution < -0.4 is 5.32 Å². The molecule has 5 rings (SSSR count). The summed E-state index contributed by atoms with van der Waals surface area (Å²) in [5, 5.41) is 11.0. The molecule has 1 aliphatic heterocycles. The van der Waals surface area contributed by atoms with Gasteiger partial charge in [-0.2, -0.15) is 5.10 Å². The molecule has 0 radical (unpaired) electrons. The molecule has 166 valence electrons. The Bertz CT molecular complexity index is 1090. The van der Waals surface area contributed by atoms with Gasteiger partial charge in [0.15, 0.2) is 5.69 Å². The number of carbonyl (C=O) groups is 1. The molecule has 32 heavy (non-hydrogen) atoms. The highest BCUT2D eigenvalue weighted by Gasteiger charge is 2.34. The third-order valence-electron chi connectivity index (χ3n) is 6.52. The van der Waals surface area contributed by atoms with Crippen molar-refractivity contribution >= 4 is 17.4 Å². The predicted molar refractivity (Wildman–Crippen MR) is 124 cm³/mol. The molecule has 0 saturated carbocycles. The molecule has 1 amide bonds.